The van der Waals surface area contributed by atoms with E-state index in [1.54, 1.807) is 0 Å². The van der Waals surface area contributed by atoms with Crippen LogP contribution >= 0.6 is 0 Å². The van der Waals surface area contributed by atoms with Crippen LogP contribution in [-0.4, -0.2) is 11.5 Å². The van der Waals surface area contributed by atoms with Crippen LogP contribution in [-0.2, 0) is 0 Å². The molecule has 0 radical (unpaired) electrons. The highest BCUT2D eigenvalue weighted by atomic mass is 14.9. The summed E-state index contributed by atoms with van der Waals surface area (Å²) in [7, 11) is 0. The molecule has 2 nitrogen and oxygen atoms in total. The number of fused-ring (bicyclic) bond motifs is 1. The smallest absolute Gasteiger partial charge is 0.0703 e. The van der Waals surface area contributed by atoms with Gasteiger partial charge < -0.3 is 5.32 Å². The van der Waals surface area contributed by atoms with Crippen molar-refractivity contribution < 1.29 is 0 Å². The van der Waals surface area contributed by atoms with E-state index in [0.717, 1.165) is 17.7 Å². The Morgan fingerprint density at radius 2 is 1.79 bits per heavy atom. The molecule has 0 unspecified atom stereocenters. The van der Waals surface area contributed by atoms with Crippen molar-refractivity contribution in [2.24, 2.45) is 0 Å². The number of rotatable bonds is 8. The fraction of sp³-hybridized carbons (Fsp3) is 0.471. The Hall–Kier alpha value is -1.57. The number of aromatic nitrogens is 1. The van der Waals surface area contributed by atoms with Crippen molar-refractivity contribution >= 4 is 16.6 Å². The highest BCUT2D eigenvalue weighted by Gasteiger charge is 1.96. The highest BCUT2D eigenvalue weighted by molar-refractivity contribution is 5.81. The summed E-state index contributed by atoms with van der Waals surface area (Å²) in [6.07, 6.45) is 9.95. The minimum atomic E-state index is 1.05. The lowest BCUT2D eigenvalue weighted by Gasteiger charge is -2.07. The largest absolute Gasteiger partial charge is 0.384 e. The second-order valence-corrected chi connectivity index (χ2v) is 5.11. The molecule has 1 aromatic carbocycles. The fourth-order valence-electron chi connectivity index (χ4n) is 2.31. The first-order chi connectivity index (χ1) is 9.40. The number of hydrogen-bond donors (Lipinski definition) is 1. The first-order valence-electron chi connectivity index (χ1n) is 7.49. The van der Waals surface area contributed by atoms with E-state index in [4.69, 9.17) is 0 Å². The van der Waals surface area contributed by atoms with Gasteiger partial charge in [0.1, 0.15) is 0 Å². The van der Waals surface area contributed by atoms with Crippen LogP contribution in [0.1, 0.15) is 45.4 Å². The Morgan fingerprint density at radius 1 is 1.00 bits per heavy atom. The van der Waals surface area contributed by atoms with Gasteiger partial charge in [-0.25, -0.2) is 0 Å². The van der Waals surface area contributed by atoms with E-state index >= 15 is 0 Å². The van der Waals surface area contributed by atoms with Gasteiger partial charge in [-0.05, 0) is 18.6 Å². The Morgan fingerprint density at radius 3 is 2.68 bits per heavy atom. The molecule has 0 amide bonds. The number of nitrogens with zero attached hydrogens (tertiary/aromatic N) is 1. The van der Waals surface area contributed by atoms with Gasteiger partial charge in [0.25, 0.3) is 0 Å². The van der Waals surface area contributed by atoms with Gasteiger partial charge in [0.2, 0.25) is 0 Å². The normalized spacial score (nSPS) is 10.8. The maximum atomic E-state index is 4.46. The quantitative estimate of drug-likeness (QED) is 0.672. The van der Waals surface area contributed by atoms with Crippen LogP contribution < -0.4 is 5.32 Å². The monoisotopic (exact) mass is 256 g/mol. The van der Waals surface area contributed by atoms with Gasteiger partial charge in [-0.1, -0.05) is 57.2 Å². The van der Waals surface area contributed by atoms with Crippen molar-refractivity contribution in [3.05, 3.63) is 36.5 Å². The van der Waals surface area contributed by atoms with E-state index in [1.807, 2.05) is 18.3 Å². The molecule has 0 saturated carbocycles. The summed E-state index contributed by atoms with van der Waals surface area (Å²) in [5, 5.41) is 4.67. The topological polar surface area (TPSA) is 24.9 Å². The second-order valence-electron chi connectivity index (χ2n) is 5.11. The molecule has 0 aliphatic heterocycles. The lowest BCUT2D eigenvalue weighted by atomic mass is 10.1. The van der Waals surface area contributed by atoms with Crippen molar-refractivity contribution in [3.8, 4) is 0 Å². The molecule has 0 bridgehead atoms. The number of nitrogens with one attached hydrogen (secondary N) is 1. The highest BCUT2D eigenvalue weighted by Crippen LogP contribution is 2.16. The molecule has 102 valence electrons. The summed E-state index contributed by atoms with van der Waals surface area (Å²) in [5.41, 5.74) is 2.19. The van der Waals surface area contributed by atoms with E-state index in [2.05, 4.69) is 35.4 Å². The fourth-order valence-corrected chi connectivity index (χ4v) is 2.31. The van der Waals surface area contributed by atoms with Crippen molar-refractivity contribution in [1.82, 2.24) is 4.98 Å². The van der Waals surface area contributed by atoms with Crippen LogP contribution in [0.15, 0.2) is 36.5 Å². The Kier molecular flexibility index (Phi) is 5.67. The third kappa shape index (κ3) is 4.55. The number of hydrogen-bond acceptors (Lipinski definition) is 2. The number of pyridine rings is 1. The van der Waals surface area contributed by atoms with Gasteiger partial charge in [-0.3, -0.25) is 4.98 Å². The first-order valence-corrected chi connectivity index (χ1v) is 7.49. The van der Waals surface area contributed by atoms with E-state index in [1.165, 1.54) is 43.9 Å². The van der Waals surface area contributed by atoms with Gasteiger partial charge in [-0.15, -0.1) is 0 Å². The SMILES string of the molecule is CCCCCCCCNc1cnc2ccccc2c1. The van der Waals surface area contributed by atoms with E-state index in [9.17, 15) is 0 Å². The number of unbranched alkanes of at least 4 members (excludes halogenated alkanes) is 5. The minimum Gasteiger partial charge on any atom is -0.384 e. The average molecular weight is 256 g/mol. The van der Waals surface area contributed by atoms with Crippen LogP contribution in [0, 0.1) is 0 Å². The number of para-hydroxylation sites is 1. The summed E-state index contributed by atoms with van der Waals surface area (Å²) in [5.74, 6) is 0. The predicted molar refractivity (Wildman–Crippen MR) is 83.6 cm³/mol. The van der Waals surface area contributed by atoms with Crippen LogP contribution in [0.4, 0.5) is 5.69 Å². The molecule has 1 aromatic heterocycles. The van der Waals surface area contributed by atoms with Gasteiger partial charge in [0, 0.05) is 11.9 Å². The summed E-state index contributed by atoms with van der Waals surface area (Å²) in [6.45, 7) is 3.31. The van der Waals surface area contributed by atoms with Gasteiger partial charge in [-0.2, -0.15) is 0 Å². The Bertz CT molecular complexity index is 493. The van der Waals surface area contributed by atoms with Crippen molar-refractivity contribution in [2.75, 3.05) is 11.9 Å². The molecular formula is C17H24N2. The van der Waals surface area contributed by atoms with Crippen LogP contribution in [0.5, 0.6) is 0 Å². The third-order valence-corrected chi connectivity index (χ3v) is 3.45. The molecule has 0 fully saturated rings. The van der Waals surface area contributed by atoms with Crippen molar-refractivity contribution in [2.45, 2.75) is 45.4 Å². The van der Waals surface area contributed by atoms with E-state index in [-0.39, 0.29) is 0 Å². The minimum absolute atomic E-state index is 1.05. The summed E-state index contributed by atoms with van der Waals surface area (Å²) >= 11 is 0. The molecule has 0 spiro atoms. The van der Waals surface area contributed by atoms with E-state index in [0.29, 0.717) is 0 Å². The molecular weight excluding hydrogens is 232 g/mol. The molecule has 2 rings (SSSR count). The molecule has 0 saturated heterocycles. The van der Waals surface area contributed by atoms with Crippen molar-refractivity contribution in [1.29, 1.82) is 0 Å². The Balaban J connectivity index is 1.72. The van der Waals surface area contributed by atoms with E-state index < -0.39 is 0 Å². The van der Waals surface area contributed by atoms with Crippen LogP contribution in [0.3, 0.4) is 0 Å². The zero-order valence-electron chi connectivity index (χ0n) is 11.9. The summed E-state index contributed by atoms with van der Waals surface area (Å²) in [6, 6.07) is 10.4. The van der Waals surface area contributed by atoms with Gasteiger partial charge >= 0.3 is 0 Å². The molecule has 0 aliphatic rings. The number of anilines is 1. The molecule has 1 N–H and O–H groups in total. The van der Waals surface area contributed by atoms with Gasteiger partial charge in [0.05, 0.1) is 17.4 Å². The second kappa shape index (κ2) is 7.78. The zero-order valence-corrected chi connectivity index (χ0v) is 11.9. The maximum Gasteiger partial charge on any atom is 0.0703 e. The summed E-state index contributed by atoms with van der Waals surface area (Å²) < 4.78 is 0. The lowest BCUT2D eigenvalue weighted by Crippen LogP contribution is -2.01. The zero-order chi connectivity index (χ0) is 13.3. The summed E-state index contributed by atoms with van der Waals surface area (Å²) in [4.78, 5) is 4.46. The first kappa shape index (κ1) is 13.9. The molecule has 0 atom stereocenters. The van der Waals surface area contributed by atoms with Crippen LogP contribution in [0.2, 0.25) is 0 Å². The molecule has 0 aliphatic carbocycles. The van der Waals surface area contributed by atoms with Gasteiger partial charge in [0.15, 0.2) is 0 Å². The average Bonchev–Trinajstić information content (AvgIpc) is 2.46. The molecule has 19 heavy (non-hydrogen) atoms. The molecule has 1 heterocycles. The molecule has 2 heteroatoms. The standard InChI is InChI=1S/C17H24N2/c1-2-3-4-5-6-9-12-18-16-13-15-10-7-8-11-17(15)19-14-16/h7-8,10-11,13-14,18H,2-6,9,12H2,1H3. The molecule has 2 aromatic rings. The third-order valence-electron chi connectivity index (χ3n) is 3.45. The van der Waals surface area contributed by atoms with Crippen molar-refractivity contribution in [3.63, 3.8) is 0 Å². The Labute approximate surface area is 116 Å². The maximum absolute atomic E-state index is 4.46. The van der Waals surface area contributed by atoms with Crippen LogP contribution in [0.25, 0.3) is 10.9 Å². The predicted octanol–water partition coefficient (Wildman–Crippen LogP) is 5.01. The number of benzene rings is 1. The lowest BCUT2D eigenvalue weighted by molar-refractivity contribution is 0.617.